The van der Waals surface area contributed by atoms with Crippen LogP contribution in [0.15, 0.2) is 133 Å². The van der Waals surface area contributed by atoms with Gasteiger partial charge in [-0.2, -0.15) is 0 Å². The van der Waals surface area contributed by atoms with Crippen molar-refractivity contribution in [2.75, 3.05) is 87.9 Å². The van der Waals surface area contributed by atoms with E-state index in [-0.39, 0.29) is 159 Å². The highest BCUT2D eigenvalue weighted by atomic mass is 79.9. The van der Waals surface area contributed by atoms with E-state index in [9.17, 15) is 47.9 Å². The molecule has 137 heavy (non-hydrogen) atoms. The number of nitrogens with zero attached hydrogens (tertiary/aromatic N) is 5. The van der Waals surface area contributed by atoms with E-state index < -0.39 is 23.8 Å². The third kappa shape index (κ3) is 54.4. The van der Waals surface area contributed by atoms with E-state index in [4.69, 9.17) is 118 Å². The summed E-state index contributed by atoms with van der Waals surface area (Å²) < 4.78 is 38.8. The Hall–Kier alpha value is -7.44. The Bertz CT molecular complexity index is 4480. The molecule has 0 aliphatic rings. The third-order valence-corrected chi connectivity index (χ3v) is 23.1. The molecular weight excluding hydrogens is 1970 g/mol. The Morgan fingerprint density at radius 1 is 0.380 bits per heavy atom. The predicted molar refractivity (Wildman–Crippen MR) is 542 cm³/mol. The molecule has 6 rings (SSSR count). The van der Waals surface area contributed by atoms with Crippen LogP contribution in [0.5, 0.6) is 11.5 Å². The molecule has 0 spiro atoms. The number of hydrogen-bond donors (Lipinski definition) is 2. The number of benzene rings is 5. The van der Waals surface area contributed by atoms with Crippen LogP contribution in [0.4, 0.5) is 0 Å². The summed E-state index contributed by atoms with van der Waals surface area (Å²) in [6, 6.07) is 39.2. The molecule has 33 heteroatoms. The van der Waals surface area contributed by atoms with Gasteiger partial charge in [-0.3, -0.25) is 47.9 Å². The number of hydrogen-bond acceptors (Lipinski definition) is 23. The first kappa shape index (κ1) is 136. The van der Waals surface area contributed by atoms with Crippen molar-refractivity contribution < 1.29 is 129 Å². The molecule has 1 aromatic heterocycles. The maximum Gasteiger partial charge on any atom is 0.316 e. The van der Waals surface area contributed by atoms with E-state index in [2.05, 4.69) is 50.2 Å². The van der Waals surface area contributed by atoms with Crippen LogP contribution in [-0.4, -0.2) is 188 Å². The predicted octanol–water partition coefficient (Wildman–Crippen LogP) is 17.2. The standard InChI is InChI=1S/C23H30NO3.C19H20O3.C17H15Cl6N3O2.C11H24NO2.2C9H18O2.C8H17NO2.C8H16O3.BrH.ClH/c1-5-18(2)23(26)27-16-15-24(3,4)17-19-11-13-21(14-12-19)22(25)20-9-7-6-8-10-20;1-4-19(2,3)18(21)22-16-12-10-15(11-13-16)17(20)14-8-6-5-7-9-14;1-4-15(2,3)14(27)28-10-7-5-9(6-8-10)11-24-12(16(18,19)20)26-13(25-11)17(21,22)23;1-7-11(2,3)10(13)14-9-8-12(4,5)6;2*1-6-9(4,5)8(10)11-7(2)3;2*1-4-8(2,3)7(10)11-6-5-9;;/h6-14,18H,5,15-17H2,1-4H3;5-13H,4H2,1-3H3;5-8H,4H2,1-3H3;7-9H2,1-6H3;2*7H,6H2,1-5H3;4-6,9H2,1-3H3;9H,4-6H2,1-3H3;2*1H/q+1;;;+1;;;;;;/p-2. The lowest BCUT2D eigenvalue weighted by Gasteiger charge is -2.29. The zero-order valence-corrected chi connectivity index (χ0v) is 94.0. The van der Waals surface area contributed by atoms with Gasteiger partial charge in [-0.15, -0.1) is 0 Å². The number of nitrogens with two attached hydrogens (primary N) is 1. The van der Waals surface area contributed by atoms with Crippen molar-refractivity contribution in [3.63, 3.8) is 0 Å². The summed E-state index contributed by atoms with van der Waals surface area (Å²) in [6.07, 6.45) is 6.12. The normalized spacial score (nSPS) is 11.8. The van der Waals surface area contributed by atoms with Gasteiger partial charge >= 0.3 is 47.8 Å². The molecule has 25 nitrogen and oxygen atoms in total. The highest BCUT2D eigenvalue weighted by molar-refractivity contribution is 6.67. The molecule has 1 heterocycles. The Kier molecular flexibility index (Phi) is 63.6. The molecule has 3 N–H and O–H groups in total. The first-order valence-electron chi connectivity index (χ1n) is 45.9. The number of carbonyl (C=O) groups is 10. The van der Waals surface area contributed by atoms with Crippen LogP contribution in [0.2, 0.25) is 0 Å². The highest BCUT2D eigenvalue weighted by Gasteiger charge is 2.37. The third-order valence-electron chi connectivity index (χ3n) is 22.1. The molecule has 6 aromatic rings. The van der Waals surface area contributed by atoms with Gasteiger partial charge in [0.15, 0.2) is 29.0 Å². The SMILES string of the molecule is CCC(C)(C)C(=O)OC(C)C.CCC(C)(C)C(=O)OC(C)C.CCC(C)(C)C(=O)OCCN.CCC(C)(C)C(=O)OCCO.CCC(C)(C)C(=O)OCC[N+](C)(C)C.CCC(C)(C)C(=O)Oc1ccc(-c2nc(C(Cl)(Cl)Cl)nc(C(Cl)(Cl)Cl)n2)cc1.CCC(C)(C)C(=O)Oc1ccc(C(=O)c2ccccc2)cc1.CCC(C)C(=O)OCC[N+](C)(C)Cc1ccc(C(=O)c2ccccc2)cc1.[Br-].[Cl-]. The van der Waals surface area contributed by atoms with Crippen molar-refractivity contribution >= 4 is 129 Å². The number of esters is 8. The zero-order chi connectivity index (χ0) is 105. The number of likely N-dealkylation sites (N-methyl/N-ethyl adjacent to an activating group) is 2. The number of carbonyl (C=O) groups excluding carboxylic acids is 10. The van der Waals surface area contributed by atoms with Gasteiger partial charge in [0.25, 0.3) is 0 Å². The van der Waals surface area contributed by atoms with Crippen LogP contribution >= 0.6 is 69.6 Å². The number of aromatic nitrogens is 3. The van der Waals surface area contributed by atoms with E-state index in [1.54, 1.807) is 60.7 Å². The maximum atomic E-state index is 12.5. The number of quaternary nitrogens is 2. The number of aliphatic hydroxyl groups is 1. The number of halogens is 8. The second kappa shape index (κ2) is 64.2. The van der Waals surface area contributed by atoms with E-state index in [0.717, 1.165) is 68.2 Å². The molecule has 0 aliphatic heterocycles. The summed E-state index contributed by atoms with van der Waals surface area (Å²) in [5.74, 6) is -0.909. The minimum atomic E-state index is -1.94. The fourth-order valence-electron chi connectivity index (χ4n) is 9.19. The minimum Gasteiger partial charge on any atom is -1.00 e. The van der Waals surface area contributed by atoms with E-state index in [1.807, 2.05) is 260 Å². The zero-order valence-electron chi connectivity index (χ0n) is 87.1. The van der Waals surface area contributed by atoms with Crippen LogP contribution in [0.1, 0.15) is 287 Å². The van der Waals surface area contributed by atoms with Crippen LogP contribution in [0.25, 0.3) is 11.4 Å². The van der Waals surface area contributed by atoms with Crippen molar-refractivity contribution in [3.05, 3.63) is 173 Å². The van der Waals surface area contributed by atoms with Crippen molar-refractivity contribution in [3.8, 4) is 22.9 Å². The fourth-order valence-corrected chi connectivity index (χ4v) is 9.70. The molecule has 0 saturated carbocycles. The highest BCUT2D eigenvalue weighted by Crippen LogP contribution is 2.41. The molecule has 5 aromatic carbocycles. The Morgan fingerprint density at radius 3 is 0.971 bits per heavy atom. The molecule has 0 aliphatic carbocycles. The summed E-state index contributed by atoms with van der Waals surface area (Å²) in [5, 5.41) is 8.38. The van der Waals surface area contributed by atoms with Crippen molar-refractivity contribution in [1.29, 1.82) is 0 Å². The lowest BCUT2D eigenvalue weighted by molar-refractivity contribution is -0.903. The topological polar surface area (TPSA) is 329 Å². The number of rotatable bonds is 37. The van der Waals surface area contributed by atoms with Crippen LogP contribution in [0, 0.1) is 43.8 Å². The van der Waals surface area contributed by atoms with Crippen molar-refractivity contribution in [2.45, 2.75) is 265 Å². The number of ketones is 2. The molecule has 1 unspecified atom stereocenters. The van der Waals surface area contributed by atoms with Crippen LogP contribution in [0.3, 0.4) is 0 Å². The van der Waals surface area contributed by atoms with Crippen molar-refractivity contribution in [1.82, 2.24) is 15.0 Å². The molecule has 1 atom stereocenters. The Balaban J connectivity index is -0.000000761. The van der Waals surface area contributed by atoms with Crippen molar-refractivity contribution in [2.24, 2.45) is 49.6 Å². The van der Waals surface area contributed by atoms with Gasteiger partial charge in [-0.05, 0) is 225 Å². The number of aliphatic hydroxyl groups excluding tert-OH is 1. The van der Waals surface area contributed by atoms with Gasteiger partial charge in [0.1, 0.15) is 57.6 Å². The first-order chi connectivity index (χ1) is 62.1. The second-order valence-electron chi connectivity index (χ2n) is 39.0. The second-order valence-corrected chi connectivity index (χ2v) is 43.6. The van der Waals surface area contributed by atoms with Crippen LogP contribution in [-0.2, 0) is 80.9 Å². The average molecular weight is 2120 g/mol. The molecule has 0 amide bonds. The lowest BCUT2D eigenvalue weighted by atomic mass is 9.91. The van der Waals surface area contributed by atoms with Gasteiger partial charge < -0.3 is 87.1 Å². The number of ether oxygens (including phenoxy) is 8. The maximum absolute atomic E-state index is 12.5. The van der Waals surface area contributed by atoms with Gasteiger partial charge in [-0.25, -0.2) is 15.0 Å². The number of alkyl halides is 6. The van der Waals surface area contributed by atoms with Gasteiger partial charge in [-0.1, -0.05) is 217 Å². The summed E-state index contributed by atoms with van der Waals surface area (Å²) >= 11 is 35.2. The first-order valence-corrected chi connectivity index (χ1v) is 48.2. The average Bonchev–Trinajstić information content (AvgIpc) is 0.843. The van der Waals surface area contributed by atoms with E-state index >= 15 is 0 Å². The quantitative estimate of drug-likeness (QED) is 0.00913. The van der Waals surface area contributed by atoms with E-state index in [1.165, 1.54) is 0 Å². The fraction of sp³-hybridized carbons (Fsp3) is 0.587. The lowest BCUT2D eigenvalue weighted by Crippen LogP contribution is -3.00. The minimum absolute atomic E-state index is 0. The Labute approximate surface area is 864 Å². The molecule has 0 radical (unpaired) electrons. The smallest absolute Gasteiger partial charge is 0.316 e. The Morgan fingerprint density at radius 2 is 0.672 bits per heavy atom. The summed E-state index contributed by atoms with van der Waals surface area (Å²) in [6.45, 7) is 55.2. The van der Waals surface area contributed by atoms with Gasteiger partial charge in [0, 0.05) is 39.9 Å². The molecular formula is C104H158BrCl7N6O19. The van der Waals surface area contributed by atoms with Crippen LogP contribution < -0.4 is 44.6 Å². The molecule has 0 bridgehead atoms. The van der Waals surface area contributed by atoms with Gasteiger partial charge in [0.2, 0.25) is 7.59 Å². The summed E-state index contributed by atoms with van der Waals surface area (Å²) in [7, 11) is 10.5. The molecule has 0 fully saturated rings. The summed E-state index contributed by atoms with van der Waals surface area (Å²) in [4.78, 5) is 129. The largest absolute Gasteiger partial charge is 1.00 e. The summed E-state index contributed by atoms with van der Waals surface area (Å²) in [5.41, 5.74) is 6.56. The van der Waals surface area contributed by atoms with Gasteiger partial charge in [0.05, 0.1) is 97.9 Å². The van der Waals surface area contributed by atoms with E-state index in [0.29, 0.717) is 83.0 Å². The molecule has 774 valence electrons. The monoisotopic (exact) mass is 2120 g/mol. The molecule has 0 saturated heterocycles.